The molecule has 4 heteroatoms. The molecule has 0 heterocycles. The van der Waals surface area contributed by atoms with E-state index < -0.39 is 11.9 Å². The van der Waals surface area contributed by atoms with E-state index in [0.29, 0.717) is 10.6 Å². The molecule has 0 radical (unpaired) electrons. The second kappa shape index (κ2) is 4.94. The van der Waals surface area contributed by atoms with Gasteiger partial charge in [-0.2, -0.15) is 0 Å². The van der Waals surface area contributed by atoms with Crippen molar-refractivity contribution in [3.05, 3.63) is 34.9 Å². The van der Waals surface area contributed by atoms with Gasteiger partial charge in [0.15, 0.2) is 6.29 Å². The number of hydrogen-bond donors (Lipinski definition) is 1. The van der Waals surface area contributed by atoms with Crippen LogP contribution >= 0.6 is 11.6 Å². The van der Waals surface area contributed by atoms with Crippen LogP contribution in [0.3, 0.4) is 0 Å². The average molecular weight is 231 g/mol. The maximum absolute atomic E-state index is 10.3. The molecule has 0 fully saturated rings. The molecule has 0 aliphatic heterocycles. The Hall–Kier alpha value is -0.610. The van der Waals surface area contributed by atoms with Crippen LogP contribution in [0.15, 0.2) is 24.3 Å². The number of rotatable bonds is 4. The fraction of sp³-hybridized carbons (Fsp3) is 0.455. The molecule has 0 aromatic heterocycles. The molecule has 0 bridgehead atoms. The van der Waals surface area contributed by atoms with Crippen LogP contribution in [-0.4, -0.2) is 25.6 Å². The van der Waals surface area contributed by atoms with Crippen molar-refractivity contribution in [3.63, 3.8) is 0 Å². The number of benzene rings is 1. The van der Waals surface area contributed by atoms with E-state index in [-0.39, 0.29) is 0 Å². The molecule has 1 atom stereocenters. The molecular weight excluding hydrogens is 216 g/mol. The van der Waals surface area contributed by atoms with Gasteiger partial charge in [-0.25, -0.2) is 0 Å². The predicted molar refractivity (Wildman–Crippen MR) is 58.8 cm³/mol. The molecule has 3 nitrogen and oxygen atoms in total. The molecule has 0 saturated heterocycles. The summed E-state index contributed by atoms with van der Waals surface area (Å²) in [5.41, 5.74) is -0.692. The number of halogens is 1. The second-order valence-electron chi connectivity index (χ2n) is 3.43. The minimum Gasteiger partial charge on any atom is -0.380 e. The van der Waals surface area contributed by atoms with E-state index >= 15 is 0 Å². The molecule has 84 valence electrons. The summed E-state index contributed by atoms with van der Waals surface area (Å²) >= 11 is 6.00. The largest absolute Gasteiger partial charge is 0.380 e. The Kier molecular flexibility index (Phi) is 4.11. The summed E-state index contributed by atoms with van der Waals surface area (Å²) in [4.78, 5) is 0. The van der Waals surface area contributed by atoms with Crippen LogP contribution in [0.1, 0.15) is 12.5 Å². The maximum Gasteiger partial charge on any atom is 0.189 e. The third kappa shape index (κ3) is 2.49. The molecule has 0 amide bonds. The summed E-state index contributed by atoms with van der Waals surface area (Å²) < 4.78 is 10.1. The van der Waals surface area contributed by atoms with Crippen LogP contribution in [0.25, 0.3) is 0 Å². The smallest absolute Gasteiger partial charge is 0.189 e. The van der Waals surface area contributed by atoms with Crippen LogP contribution < -0.4 is 0 Å². The molecule has 0 aliphatic rings. The van der Waals surface area contributed by atoms with Crippen molar-refractivity contribution >= 4 is 11.6 Å². The summed E-state index contributed by atoms with van der Waals surface area (Å²) in [5, 5.41) is 10.8. The van der Waals surface area contributed by atoms with Gasteiger partial charge in [-0.15, -0.1) is 0 Å². The first kappa shape index (κ1) is 12.5. The van der Waals surface area contributed by atoms with Crippen LogP contribution in [0.4, 0.5) is 0 Å². The summed E-state index contributed by atoms with van der Waals surface area (Å²) in [6.45, 7) is 1.60. The molecule has 1 aromatic carbocycles. The lowest BCUT2D eigenvalue weighted by Gasteiger charge is -2.31. The van der Waals surface area contributed by atoms with E-state index in [1.54, 1.807) is 31.2 Å². The van der Waals surface area contributed by atoms with Gasteiger partial charge < -0.3 is 14.6 Å². The lowest BCUT2D eigenvalue weighted by Crippen LogP contribution is -2.39. The average Bonchev–Trinajstić information content (AvgIpc) is 2.19. The van der Waals surface area contributed by atoms with Gasteiger partial charge in [0.05, 0.1) is 0 Å². The van der Waals surface area contributed by atoms with Gasteiger partial charge in [0.1, 0.15) is 5.60 Å². The van der Waals surface area contributed by atoms with Gasteiger partial charge in [-0.05, 0) is 13.0 Å². The third-order valence-electron chi connectivity index (χ3n) is 2.31. The molecule has 1 unspecified atom stereocenters. The van der Waals surface area contributed by atoms with E-state index in [1.807, 2.05) is 0 Å². The minimum atomic E-state index is -1.28. The van der Waals surface area contributed by atoms with Crippen molar-refractivity contribution in [2.24, 2.45) is 0 Å². The van der Waals surface area contributed by atoms with Crippen molar-refractivity contribution in [3.8, 4) is 0 Å². The van der Waals surface area contributed by atoms with Crippen LogP contribution in [-0.2, 0) is 15.1 Å². The van der Waals surface area contributed by atoms with Gasteiger partial charge in [0.2, 0.25) is 0 Å². The summed E-state index contributed by atoms with van der Waals surface area (Å²) in [5.74, 6) is 0. The van der Waals surface area contributed by atoms with Crippen molar-refractivity contribution < 1.29 is 14.6 Å². The highest BCUT2D eigenvalue weighted by Crippen LogP contribution is 2.31. The monoisotopic (exact) mass is 230 g/mol. The molecule has 1 N–H and O–H groups in total. The Morgan fingerprint density at radius 3 is 2.27 bits per heavy atom. The van der Waals surface area contributed by atoms with Crippen LogP contribution in [0.2, 0.25) is 5.02 Å². The predicted octanol–water partition coefficient (Wildman–Crippen LogP) is 2.17. The fourth-order valence-electron chi connectivity index (χ4n) is 1.55. The van der Waals surface area contributed by atoms with E-state index in [4.69, 9.17) is 21.1 Å². The zero-order chi connectivity index (χ0) is 11.5. The van der Waals surface area contributed by atoms with Crippen LogP contribution in [0, 0.1) is 0 Å². The topological polar surface area (TPSA) is 38.7 Å². The summed E-state index contributed by atoms with van der Waals surface area (Å²) in [7, 11) is 2.94. The van der Waals surface area contributed by atoms with Gasteiger partial charge in [-0.3, -0.25) is 0 Å². The van der Waals surface area contributed by atoms with Crippen molar-refractivity contribution in [2.45, 2.75) is 18.8 Å². The van der Waals surface area contributed by atoms with E-state index in [9.17, 15) is 5.11 Å². The van der Waals surface area contributed by atoms with Gasteiger partial charge in [0, 0.05) is 24.8 Å². The molecule has 1 aromatic rings. The van der Waals surface area contributed by atoms with E-state index in [1.165, 1.54) is 14.2 Å². The van der Waals surface area contributed by atoms with Crippen molar-refractivity contribution in [1.29, 1.82) is 0 Å². The minimum absolute atomic E-state index is 0.488. The first-order chi connectivity index (χ1) is 7.04. The normalized spacial score (nSPS) is 15.3. The first-order valence-corrected chi connectivity index (χ1v) is 4.94. The number of hydrogen-bond acceptors (Lipinski definition) is 3. The van der Waals surface area contributed by atoms with Gasteiger partial charge >= 0.3 is 0 Å². The van der Waals surface area contributed by atoms with Crippen molar-refractivity contribution in [1.82, 2.24) is 0 Å². The van der Waals surface area contributed by atoms with Crippen LogP contribution in [0.5, 0.6) is 0 Å². The highest BCUT2D eigenvalue weighted by atomic mass is 35.5. The molecule has 0 aliphatic carbocycles. The van der Waals surface area contributed by atoms with E-state index in [0.717, 1.165) is 0 Å². The number of ether oxygens (including phenoxy) is 2. The Morgan fingerprint density at radius 1 is 1.27 bits per heavy atom. The maximum atomic E-state index is 10.3. The molecular formula is C11H15ClO3. The Morgan fingerprint density at radius 2 is 1.80 bits per heavy atom. The van der Waals surface area contributed by atoms with Gasteiger partial charge in [0.25, 0.3) is 0 Å². The highest BCUT2D eigenvalue weighted by Gasteiger charge is 2.35. The summed E-state index contributed by atoms with van der Waals surface area (Å²) in [6, 6.07) is 7.07. The highest BCUT2D eigenvalue weighted by molar-refractivity contribution is 6.31. The van der Waals surface area contributed by atoms with E-state index in [2.05, 4.69) is 0 Å². The second-order valence-corrected chi connectivity index (χ2v) is 3.84. The Labute approximate surface area is 94.6 Å². The lowest BCUT2D eigenvalue weighted by molar-refractivity contribution is -0.213. The zero-order valence-electron chi connectivity index (χ0n) is 9.03. The quantitative estimate of drug-likeness (QED) is 0.806. The molecule has 0 saturated carbocycles. The standard InChI is InChI=1S/C11H15ClO3/c1-11(13,10(14-2)15-3)8-6-4-5-7-9(8)12/h4-7,10,13H,1-3H3. The van der Waals surface area contributed by atoms with Gasteiger partial charge in [-0.1, -0.05) is 29.8 Å². The molecule has 1 rings (SSSR count). The molecule has 15 heavy (non-hydrogen) atoms. The number of aliphatic hydroxyl groups is 1. The SMILES string of the molecule is COC(OC)C(C)(O)c1ccccc1Cl. The fourth-order valence-corrected chi connectivity index (χ4v) is 1.88. The number of methoxy groups -OCH3 is 2. The third-order valence-corrected chi connectivity index (χ3v) is 2.64. The Balaban J connectivity index is 3.09. The zero-order valence-corrected chi connectivity index (χ0v) is 9.78. The molecule has 0 spiro atoms. The van der Waals surface area contributed by atoms with Crippen molar-refractivity contribution in [2.75, 3.05) is 14.2 Å². The summed E-state index contributed by atoms with van der Waals surface area (Å²) in [6.07, 6.45) is -0.752. The lowest BCUT2D eigenvalue weighted by atomic mass is 9.95. The first-order valence-electron chi connectivity index (χ1n) is 4.57. The Bertz CT molecular complexity index is 321.